The highest BCUT2D eigenvalue weighted by molar-refractivity contribution is 7.99. The van der Waals surface area contributed by atoms with Gasteiger partial charge in [-0.2, -0.15) is 0 Å². The Hall–Kier alpha value is -1.65. The van der Waals surface area contributed by atoms with Crippen LogP contribution in [0.15, 0.2) is 48.5 Å². The first-order chi connectivity index (χ1) is 10.6. The lowest BCUT2D eigenvalue weighted by Gasteiger charge is -2.24. The first kappa shape index (κ1) is 15.3. The molecule has 1 unspecified atom stereocenters. The Bertz CT molecular complexity index is 675. The third kappa shape index (κ3) is 3.39. The number of halogens is 1. The molecule has 3 rings (SSSR count). The summed E-state index contributed by atoms with van der Waals surface area (Å²) in [5.74, 6) is 0.929. The SMILES string of the molecule is Cc1ccc(NC(=O)N2CCSC2c2cccc(Cl)c2)cc1. The lowest BCUT2D eigenvalue weighted by Crippen LogP contribution is -2.34. The minimum absolute atomic E-state index is 0.0177. The van der Waals surface area contributed by atoms with Crippen LogP contribution in [0.3, 0.4) is 0 Å². The Kier molecular flexibility index (Phi) is 4.60. The quantitative estimate of drug-likeness (QED) is 0.845. The highest BCUT2D eigenvalue weighted by Gasteiger charge is 2.30. The molecule has 0 aromatic heterocycles. The number of hydrogen-bond donors (Lipinski definition) is 1. The van der Waals surface area contributed by atoms with Gasteiger partial charge >= 0.3 is 6.03 Å². The van der Waals surface area contributed by atoms with E-state index in [-0.39, 0.29) is 11.4 Å². The van der Waals surface area contributed by atoms with Gasteiger partial charge in [0, 0.05) is 23.0 Å². The predicted molar refractivity (Wildman–Crippen MR) is 93.6 cm³/mol. The van der Waals surface area contributed by atoms with Gasteiger partial charge in [-0.05, 0) is 36.8 Å². The molecule has 0 aliphatic carbocycles. The Morgan fingerprint density at radius 1 is 1.27 bits per heavy atom. The molecule has 2 amide bonds. The Morgan fingerprint density at radius 2 is 2.05 bits per heavy atom. The Morgan fingerprint density at radius 3 is 2.77 bits per heavy atom. The molecule has 0 spiro atoms. The number of carbonyl (C=O) groups excluding carboxylic acids is 1. The van der Waals surface area contributed by atoms with Crippen LogP contribution in [0.25, 0.3) is 0 Å². The standard InChI is InChI=1S/C17H17ClN2OS/c1-12-5-7-15(8-6-12)19-17(21)20-9-10-22-16(20)13-3-2-4-14(18)11-13/h2-8,11,16H,9-10H2,1H3,(H,19,21). The van der Waals surface area contributed by atoms with Crippen molar-refractivity contribution in [3.63, 3.8) is 0 Å². The molecule has 22 heavy (non-hydrogen) atoms. The fourth-order valence-corrected chi connectivity index (χ4v) is 3.89. The van der Waals surface area contributed by atoms with Gasteiger partial charge in [0.1, 0.15) is 5.37 Å². The van der Waals surface area contributed by atoms with Crippen LogP contribution in [0.4, 0.5) is 10.5 Å². The highest BCUT2D eigenvalue weighted by Crippen LogP contribution is 2.38. The van der Waals surface area contributed by atoms with Crippen molar-refractivity contribution >= 4 is 35.1 Å². The fraction of sp³-hybridized carbons (Fsp3) is 0.235. The van der Waals surface area contributed by atoms with Gasteiger partial charge < -0.3 is 10.2 Å². The lowest BCUT2D eigenvalue weighted by atomic mass is 10.2. The first-order valence-corrected chi connectivity index (χ1v) is 8.57. The van der Waals surface area contributed by atoms with Gasteiger partial charge in [0.15, 0.2) is 0 Å². The maximum absolute atomic E-state index is 12.5. The zero-order chi connectivity index (χ0) is 15.5. The number of nitrogens with zero attached hydrogens (tertiary/aromatic N) is 1. The molecule has 0 radical (unpaired) electrons. The average molecular weight is 333 g/mol. The number of nitrogens with one attached hydrogen (secondary N) is 1. The van der Waals surface area contributed by atoms with E-state index in [1.807, 2.05) is 60.4 Å². The molecule has 1 saturated heterocycles. The zero-order valence-corrected chi connectivity index (χ0v) is 13.8. The highest BCUT2D eigenvalue weighted by atomic mass is 35.5. The van der Waals surface area contributed by atoms with E-state index in [1.54, 1.807) is 11.8 Å². The van der Waals surface area contributed by atoms with Gasteiger partial charge in [-0.1, -0.05) is 41.4 Å². The van der Waals surface area contributed by atoms with Crippen LogP contribution >= 0.6 is 23.4 Å². The van der Waals surface area contributed by atoms with E-state index in [0.29, 0.717) is 5.02 Å². The van der Waals surface area contributed by atoms with E-state index in [1.165, 1.54) is 5.56 Å². The van der Waals surface area contributed by atoms with Crippen LogP contribution in [0.2, 0.25) is 5.02 Å². The van der Waals surface area contributed by atoms with Crippen LogP contribution in [-0.2, 0) is 0 Å². The third-order valence-electron chi connectivity index (χ3n) is 3.59. The maximum Gasteiger partial charge on any atom is 0.323 e. The van der Waals surface area contributed by atoms with Crippen LogP contribution in [0, 0.1) is 6.92 Å². The summed E-state index contributed by atoms with van der Waals surface area (Å²) >= 11 is 7.83. The molecule has 114 valence electrons. The number of benzene rings is 2. The molecule has 2 aromatic carbocycles. The summed E-state index contributed by atoms with van der Waals surface area (Å²) in [6.45, 7) is 2.76. The van der Waals surface area contributed by atoms with Gasteiger partial charge in [-0.3, -0.25) is 0 Å². The molecule has 0 saturated carbocycles. The lowest BCUT2D eigenvalue weighted by molar-refractivity contribution is 0.214. The average Bonchev–Trinajstić information content (AvgIpc) is 2.99. The van der Waals surface area contributed by atoms with Crippen molar-refractivity contribution in [2.45, 2.75) is 12.3 Å². The van der Waals surface area contributed by atoms with Gasteiger partial charge in [-0.15, -0.1) is 11.8 Å². The van der Waals surface area contributed by atoms with Crippen molar-refractivity contribution in [1.29, 1.82) is 0 Å². The number of thioether (sulfide) groups is 1. The smallest absolute Gasteiger partial charge is 0.308 e. The monoisotopic (exact) mass is 332 g/mol. The molecule has 3 nitrogen and oxygen atoms in total. The summed E-state index contributed by atoms with van der Waals surface area (Å²) in [4.78, 5) is 14.4. The van der Waals surface area contributed by atoms with E-state index in [4.69, 9.17) is 11.6 Å². The summed E-state index contributed by atoms with van der Waals surface area (Å²) in [6, 6.07) is 15.5. The first-order valence-electron chi connectivity index (χ1n) is 7.15. The number of urea groups is 1. The molecule has 1 aliphatic heterocycles. The van der Waals surface area contributed by atoms with Crippen molar-refractivity contribution in [2.75, 3.05) is 17.6 Å². The number of rotatable bonds is 2. The van der Waals surface area contributed by atoms with Crippen molar-refractivity contribution in [2.24, 2.45) is 0 Å². The minimum atomic E-state index is -0.0705. The number of aryl methyl sites for hydroxylation is 1. The van der Waals surface area contributed by atoms with Crippen molar-refractivity contribution in [1.82, 2.24) is 4.90 Å². The van der Waals surface area contributed by atoms with Crippen molar-refractivity contribution < 1.29 is 4.79 Å². The third-order valence-corrected chi connectivity index (χ3v) is 5.08. The molecule has 1 fully saturated rings. The largest absolute Gasteiger partial charge is 0.323 e. The van der Waals surface area contributed by atoms with E-state index >= 15 is 0 Å². The molecule has 1 atom stereocenters. The number of anilines is 1. The van der Waals surface area contributed by atoms with Gasteiger partial charge in [0.2, 0.25) is 0 Å². The molecule has 5 heteroatoms. The Labute approximate surface area is 139 Å². The molecule has 2 aromatic rings. The van der Waals surface area contributed by atoms with Crippen LogP contribution in [0.1, 0.15) is 16.5 Å². The number of hydrogen-bond acceptors (Lipinski definition) is 2. The summed E-state index contributed by atoms with van der Waals surface area (Å²) in [5, 5.41) is 3.68. The summed E-state index contributed by atoms with van der Waals surface area (Å²) in [7, 11) is 0. The summed E-state index contributed by atoms with van der Waals surface area (Å²) in [6.07, 6.45) is 0. The second-order valence-corrected chi connectivity index (χ2v) is 6.89. The summed E-state index contributed by atoms with van der Waals surface area (Å²) in [5.41, 5.74) is 3.05. The number of carbonyl (C=O) groups is 1. The van der Waals surface area contributed by atoms with Gasteiger partial charge in [0.05, 0.1) is 0 Å². The van der Waals surface area contributed by atoms with Gasteiger partial charge in [-0.25, -0.2) is 4.79 Å². The van der Waals surface area contributed by atoms with Crippen LogP contribution in [-0.4, -0.2) is 23.2 Å². The van der Waals surface area contributed by atoms with Crippen LogP contribution < -0.4 is 5.32 Å². The molecular weight excluding hydrogens is 316 g/mol. The second-order valence-electron chi connectivity index (χ2n) is 5.27. The van der Waals surface area contributed by atoms with Crippen molar-refractivity contribution in [3.05, 3.63) is 64.7 Å². The fourth-order valence-electron chi connectivity index (χ4n) is 2.45. The minimum Gasteiger partial charge on any atom is -0.308 e. The predicted octanol–water partition coefficient (Wildman–Crippen LogP) is 4.93. The molecule has 1 N–H and O–H groups in total. The zero-order valence-electron chi connectivity index (χ0n) is 12.3. The Balaban J connectivity index is 1.75. The van der Waals surface area contributed by atoms with E-state index in [0.717, 1.165) is 23.5 Å². The molecule has 1 heterocycles. The van der Waals surface area contributed by atoms with E-state index < -0.39 is 0 Å². The van der Waals surface area contributed by atoms with Crippen LogP contribution in [0.5, 0.6) is 0 Å². The number of amides is 2. The topological polar surface area (TPSA) is 32.3 Å². The van der Waals surface area contributed by atoms with E-state index in [2.05, 4.69) is 5.32 Å². The maximum atomic E-state index is 12.5. The normalized spacial score (nSPS) is 17.5. The van der Waals surface area contributed by atoms with Crippen molar-refractivity contribution in [3.8, 4) is 0 Å². The molecular formula is C17H17ClN2OS. The molecule has 1 aliphatic rings. The molecule has 0 bridgehead atoms. The van der Waals surface area contributed by atoms with Gasteiger partial charge in [0.25, 0.3) is 0 Å². The van der Waals surface area contributed by atoms with E-state index in [9.17, 15) is 4.79 Å². The second kappa shape index (κ2) is 6.63. The summed E-state index contributed by atoms with van der Waals surface area (Å²) < 4.78 is 0.